The number of ether oxygens (including phenoxy) is 1. The second kappa shape index (κ2) is 7.88. The van der Waals surface area contributed by atoms with Crippen LogP contribution >= 0.6 is 11.6 Å². The summed E-state index contributed by atoms with van der Waals surface area (Å²) in [6.07, 6.45) is 0.367. The number of aliphatic carboxylic acids is 1. The highest BCUT2D eigenvalue weighted by atomic mass is 35.5. The molecular weight excluding hydrogens is 294 g/mol. The molecule has 1 amide bonds. The number of carbonyl (C=O) groups excluding carboxylic acids is 1. The average Bonchev–Trinajstić information content (AvgIpc) is 2.38. The number of carboxylic acids is 1. The van der Waals surface area contributed by atoms with Crippen LogP contribution in [-0.4, -0.2) is 29.6 Å². The van der Waals surface area contributed by atoms with Crippen molar-refractivity contribution in [3.8, 4) is 5.75 Å². The van der Waals surface area contributed by atoms with Crippen molar-refractivity contribution in [2.45, 2.75) is 33.2 Å². The van der Waals surface area contributed by atoms with Gasteiger partial charge in [-0.15, -0.1) is 0 Å². The largest absolute Gasteiger partial charge is 0.482 e. The molecule has 0 saturated heterocycles. The fraction of sp³-hybridized carbons (Fsp3) is 0.467. The van der Waals surface area contributed by atoms with E-state index in [1.165, 1.54) is 0 Å². The predicted octanol–water partition coefficient (Wildman–Crippen LogP) is 2.64. The van der Waals surface area contributed by atoms with Crippen LogP contribution in [0.2, 0.25) is 5.02 Å². The number of carboxylic acid groups (broad SMARTS) is 1. The second-order valence-corrected chi connectivity index (χ2v) is 5.72. The Bertz CT molecular complexity index is 516. The van der Waals surface area contributed by atoms with Crippen LogP contribution in [0, 0.1) is 12.8 Å². The van der Waals surface area contributed by atoms with E-state index in [1.54, 1.807) is 12.1 Å². The van der Waals surface area contributed by atoms with E-state index in [0.717, 1.165) is 5.56 Å². The van der Waals surface area contributed by atoms with Crippen molar-refractivity contribution < 1.29 is 19.4 Å². The highest BCUT2D eigenvalue weighted by molar-refractivity contribution is 6.32. The van der Waals surface area contributed by atoms with Crippen molar-refractivity contribution in [1.29, 1.82) is 0 Å². The molecule has 0 radical (unpaired) electrons. The maximum atomic E-state index is 11.8. The normalized spacial score (nSPS) is 12.0. The van der Waals surface area contributed by atoms with Gasteiger partial charge in [0.05, 0.1) is 5.02 Å². The van der Waals surface area contributed by atoms with Gasteiger partial charge in [-0.2, -0.15) is 0 Å². The Morgan fingerprint density at radius 3 is 2.62 bits per heavy atom. The lowest BCUT2D eigenvalue weighted by Gasteiger charge is -2.16. The van der Waals surface area contributed by atoms with Crippen molar-refractivity contribution in [3.05, 3.63) is 28.8 Å². The number of hydrogen-bond acceptors (Lipinski definition) is 3. The Labute approximate surface area is 129 Å². The molecule has 0 heterocycles. The smallest absolute Gasteiger partial charge is 0.326 e. The molecule has 0 aliphatic carbocycles. The van der Waals surface area contributed by atoms with Crippen LogP contribution in [-0.2, 0) is 9.59 Å². The molecule has 116 valence electrons. The van der Waals surface area contributed by atoms with Crippen LogP contribution < -0.4 is 10.1 Å². The number of nitrogens with one attached hydrogen (secondary N) is 1. The fourth-order valence-electron chi connectivity index (χ4n) is 1.79. The molecule has 5 nitrogen and oxygen atoms in total. The van der Waals surface area contributed by atoms with E-state index in [9.17, 15) is 9.59 Å². The van der Waals surface area contributed by atoms with E-state index in [0.29, 0.717) is 17.2 Å². The maximum absolute atomic E-state index is 11.8. The van der Waals surface area contributed by atoms with Gasteiger partial charge in [-0.25, -0.2) is 4.79 Å². The zero-order valence-corrected chi connectivity index (χ0v) is 13.1. The zero-order chi connectivity index (χ0) is 16.0. The number of aryl methyl sites for hydroxylation is 1. The van der Waals surface area contributed by atoms with Gasteiger partial charge in [0.25, 0.3) is 5.91 Å². The first-order valence-electron chi connectivity index (χ1n) is 6.70. The standard InChI is InChI=1S/C15H20ClNO4/c1-9(2)6-12(15(19)20)17-14(18)8-21-13-7-10(3)4-5-11(13)16/h4-5,7,9,12H,6,8H2,1-3H3,(H,17,18)(H,19,20)/t12-/m1/s1. The minimum absolute atomic E-state index is 0.165. The molecule has 0 spiro atoms. The fourth-order valence-corrected chi connectivity index (χ4v) is 1.97. The quantitative estimate of drug-likeness (QED) is 0.811. The number of amides is 1. The lowest BCUT2D eigenvalue weighted by Crippen LogP contribution is -2.43. The van der Waals surface area contributed by atoms with Crippen molar-refractivity contribution in [2.24, 2.45) is 5.92 Å². The minimum Gasteiger partial charge on any atom is -0.482 e. The van der Waals surface area contributed by atoms with Crippen molar-refractivity contribution in [2.75, 3.05) is 6.61 Å². The van der Waals surface area contributed by atoms with E-state index in [-0.39, 0.29) is 12.5 Å². The highest BCUT2D eigenvalue weighted by Gasteiger charge is 2.21. The Kier molecular flexibility index (Phi) is 6.49. The molecule has 1 atom stereocenters. The van der Waals surface area contributed by atoms with Crippen molar-refractivity contribution in [3.63, 3.8) is 0 Å². The average molecular weight is 314 g/mol. The third-order valence-corrected chi connectivity index (χ3v) is 3.10. The molecule has 0 fully saturated rings. The van der Waals surface area contributed by atoms with E-state index in [2.05, 4.69) is 5.32 Å². The van der Waals surface area contributed by atoms with Gasteiger partial charge in [0.2, 0.25) is 0 Å². The van der Waals surface area contributed by atoms with E-state index >= 15 is 0 Å². The topological polar surface area (TPSA) is 75.6 Å². The van der Waals surface area contributed by atoms with Gasteiger partial charge in [0.1, 0.15) is 11.8 Å². The first-order valence-corrected chi connectivity index (χ1v) is 7.08. The summed E-state index contributed by atoms with van der Waals surface area (Å²) in [7, 11) is 0. The SMILES string of the molecule is Cc1ccc(Cl)c(OCC(=O)N[C@H](CC(C)C)C(=O)O)c1. The number of rotatable bonds is 7. The van der Waals surface area contributed by atoms with Crippen LogP contribution in [0.3, 0.4) is 0 Å². The van der Waals surface area contributed by atoms with Crippen LogP contribution in [0.4, 0.5) is 0 Å². The van der Waals surface area contributed by atoms with Gasteiger partial charge in [-0.1, -0.05) is 31.5 Å². The summed E-state index contributed by atoms with van der Waals surface area (Å²) < 4.78 is 5.33. The minimum atomic E-state index is -1.05. The molecule has 6 heteroatoms. The van der Waals surface area contributed by atoms with E-state index in [1.807, 2.05) is 26.8 Å². The molecule has 21 heavy (non-hydrogen) atoms. The molecule has 1 aromatic carbocycles. The summed E-state index contributed by atoms with van der Waals surface area (Å²) in [4.78, 5) is 22.8. The number of halogens is 1. The summed E-state index contributed by atoms with van der Waals surface area (Å²) in [5.41, 5.74) is 0.957. The molecule has 0 aliphatic heterocycles. The van der Waals surface area contributed by atoms with Crippen molar-refractivity contribution >= 4 is 23.5 Å². The van der Waals surface area contributed by atoms with E-state index in [4.69, 9.17) is 21.4 Å². The summed E-state index contributed by atoms with van der Waals surface area (Å²) in [5, 5.41) is 11.9. The third kappa shape index (κ3) is 6.04. The number of hydrogen-bond donors (Lipinski definition) is 2. The predicted molar refractivity (Wildman–Crippen MR) is 80.7 cm³/mol. The molecule has 0 aliphatic rings. The zero-order valence-electron chi connectivity index (χ0n) is 12.4. The van der Waals surface area contributed by atoms with E-state index < -0.39 is 17.9 Å². The molecule has 1 aromatic rings. The monoisotopic (exact) mass is 313 g/mol. The second-order valence-electron chi connectivity index (χ2n) is 5.31. The van der Waals surface area contributed by atoms with Crippen molar-refractivity contribution in [1.82, 2.24) is 5.32 Å². The maximum Gasteiger partial charge on any atom is 0.326 e. The first kappa shape index (κ1) is 17.3. The Morgan fingerprint density at radius 2 is 2.05 bits per heavy atom. The highest BCUT2D eigenvalue weighted by Crippen LogP contribution is 2.25. The number of benzene rings is 1. The molecule has 0 bridgehead atoms. The van der Waals surface area contributed by atoms with Gasteiger partial charge in [0.15, 0.2) is 6.61 Å². The Hall–Kier alpha value is -1.75. The van der Waals surface area contributed by atoms with Gasteiger partial charge >= 0.3 is 5.97 Å². The Balaban J connectivity index is 2.56. The lowest BCUT2D eigenvalue weighted by atomic mass is 10.0. The molecular formula is C15H20ClNO4. The summed E-state index contributed by atoms with van der Waals surface area (Å²) in [6, 6.07) is 4.33. The van der Waals surface area contributed by atoms with Crippen LogP contribution in [0.5, 0.6) is 5.75 Å². The summed E-state index contributed by atoms with van der Waals surface area (Å²) in [5.74, 6) is -0.965. The number of carbonyl (C=O) groups is 2. The van der Waals surface area contributed by atoms with Crippen LogP contribution in [0.15, 0.2) is 18.2 Å². The molecule has 0 unspecified atom stereocenters. The summed E-state index contributed by atoms with van der Waals surface area (Å²) in [6.45, 7) is 5.40. The third-order valence-electron chi connectivity index (χ3n) is 2.79. The molecule has 0 saturated carbocycles. The Morgan fingerprint density at radius 1 is 1.38 bits per heavy atom. The first-order chi connectivity index (χ1) is 9.79. The van der Waals surface area contributed by atoms with Crippen LogP contribution in [0.1, 0.15) is 25.8 Å². The lowest BCUT2D eigenvalue weighted by molar-refractivity contribution is -0.142. The molecule has 2 N–H and O–H groups in total. The van der Waals surface area contributed by atoms with Gasteiger partial charge in [0, 0.05) is 0 Å². The molecule has 0 aromatic heterocycles. The van der Waals surface area contributed by atoms with Gasteiger partial charge in [-0.05, 0) is 37.0 Å². The van der Waals surface area contributed by atoms with Crippen LogP contribution in [0.25, 0.3) is 0 Å². The summed E-state index contributed by atoms with van der Waals surface area (Å²) >= 11 is 5.95. The van der Waals surface area contributed by atoms with Gasteiger partial charge in [-0.3, -0.25) is 4.79 Å². The molecule has 1 rings (SSSR count). The van der Waals surface area contributed by atoms with Gasteiger partial charge < -0.3 is 15.2 Å².